The molecule has 4 aliphatic heterocycles. The number of aliphatic hydroxyl groups is 4. The lowest BCUT2D eigenvalue weighted by Gasteiger charge is -2.26. The monoisotopic (exact) mass is 1400 g/mol. The fourth-order valence-corrected chi connectivity index (χ4v) is 12.9. The summed E-state index contributed by atoms with van der Waals surface area (Å²) in [6, 6.07) is 53.5. The van der Waals surface area contributed by atoms with Gasteiger partial charge in [0.05, 0.1) is 22.7 Å². The number of nitrogens with zero attached hydrogens (tertiary/aromatic N) is 4. The zero-order chi connectivity index (χ0) is 60.8. The van der Waals surface area contributed by atoms with E-state index in [1.54, 1.807) is 170 Å². The van der Waals surface area contributed by atoms with Crippen molar-refractivity contribution in [2.45, 2.75) is 47.1 Å². The molecule has 84 heavy (non-hydrogen) atoms. The van der Waals surface area contributed by atoms with Gasteiger partial charge < -0.3 is 40.0 Å². The average Bonchev–Trinajstić information content (AvgIpc) is 2.52. The number of likely N-dealkylation sites (N-methyl/N-ethyl adjacent to an activating group) is 4. The molecule has 0 radical (unpaired) electrons. The first-order valence-electron chi connectivity index (χ1n) is 25.9. The van der Waals surface area contributed by atoms with Gasteiger partial charge in [0.25, 0.3) is 23.6 Å². The van der Waals surface area contributed by atoms with Crippen LogP contribution in [0.1, 0.15) is 68.9 Å². The van der Waals surface area contributed by atoms with Gasteiger partial charge >= 0.3 is 0 Å². The number of carbonyl (C=O) groups excluding carboxylic acids is 4. The van der Waals surface area contributed by atoms with Crippen molar-refractivity contribution in [2.24, 2.45) is 0 Å². The van der Waals surface area contributed by atoms with Crippen LogP contribution in [-0.2, 0) is 41.9 Å². The summed E-state index contributed by atoms with van der Waals surface area (Å²) in [6.07, 6.45) is -6.31. The minimum Gasteiger partial charge on any atom is -0.384 e. The van der Waals surface area contributed by atoms with E-state index >= 15 is 17.6 Å². The standard InChI is InChI=1S/4C16H13BrFNO2/c4*1-19-13-9-5-3-7-11(13)16(18,15(19)21)14(20)10-6-2-4-8-12(10)17/h4*2-9,14,20H,1H3/t4*14-,16-/m1111/s1. The lowest BCUT2D eigenvalue weighted by molar-refractivity contribution is -0.138. The predicted molar refractivity (Wildman–Crippen MR) is 327 cm³/mol. The van der Waals surface area contributed by atoms with Crippen LogP contribution in [0.4, 0.5) is 40.3 Å². The van der Waals surface area contributed by atoms with Gasteiger partial charge in [-0.1, -0.05) is 209 Å². The van der Waals surface area contributed by atoms with Crippen molar-refractivity contribution in [3.63, 3.8) is 0 Å². The molecule has 0 spiro atoms. The second-order valence-corrected chi connectivity index (χ2v) is 23.5. The molecule has 20 heteroatoms. The van der Waals surface area contributed by atoms with Crippen molar-refractivity contribution in [3.05, 3.63) is 257 Å². The number of halogens is 8. The van der Waals surface area contributed by atoms with E-state index in [9.17, 15) is 39.6 Å². The number of rotatable bonds is 8. The third-order valence-electron chi connectivity index (χ3n) is 15.4. The van der Waals surface area contributed by atoms with Gasteiger partial charge in [-0.25, -0.2) is 17.6 Å². The third-order valence-corrected chi connectivity index (χ3v) is 18.3. The third kappa shape index (κ3) is 10.2. The van der Waals surface area contributed by atoms with Crippen molar-refractivity contribution in [1.82, 2.24) is 0 Å². The molecule has 0 aromatic heterocycles. The Bertz CT molecular complexity index is 3380. The number of amides is 4. The topological polar surface area (TPSA) is 162 Å². The fraction of sp³-hybridized carbons (Fsp3) is 0.188. The van der Waals surface area contributed by atoms with E-state index in [-0.39, 0.29) is 22.3 Å². The Kier molecular flexibility index (Phi) is 17.8. The van der Waals surface area contributed by atoms with E-state index in [1.165, 1.54) is 72.1 Å². The van der Waals surface area contributed by atoms with E-state index in [0.717, 1.165) is 0 Å². The number of aliphatic hydroxyl groups excluding tert-OH is 4. The SMILES string of the molecule is CN1C(=O)[C@](F)([C@H](O)c2ccccc2Br)c2ccccc21.CN1C(=O)[C@](F)([C@H](O)c2ccccc2Br)c2ccccc21.CN1C(=O)[C@](F)([C@H](O)c2ccccc2Br)c2ccccc21.CN1C(=O)[C@](F)([C@H](O)c2ccccc2Br)c2ccccc21. The Hall–Kier alpha value is -6.88. The lowest BCUT2D eigenvalue weighted by atomic mass is 9.87. The number of hydrogen-bond acceptors (Lipinski definition) is 8. The number of hydrogen-bond donors (Lipinski definition) is 4. The minimum atomic E-state index is -2.48. The summed E-state index contributed by atoms with van der Waals surface area (Å²) < 4.78 is 64.4. The minimum absolute atomic E-state index is 0.195. The van der Waals surface area contributed by atoms with E-state index in [0.29, 0.717) is 62.9 Å². The molecular weight excluding hydrogens is 1350 g/mol. The van der Waals surface area contributed by atoms with E-state index in [1.807, 2.05) is 0 Å². The zero-order valence-corrected chi connectivity index (χ0v) is 51.4. The number of benzene rings is 8. The van der Waals surface area contributed by atoms with Gasteiger partial charge in [-0.05, 0) is 70.8 Å². The quantitative estimate of drug-likeness (QED) is 0.109. The predicted octanol–water partition coefficient (Wildman–Crippen LogP) is 13.3. The van der Waals surface area contributed by atoms with Crippen molar-refractivity contribution < 1.29 is 57.2 Å². The molecule has 0 saturated heterocycles. The summed E-state index contributed by atoms with van der Waals surface area (Å²) in [4.78, 5) is 54.5. The molecule has 12 rings (SSSR count). The molecule has 4 amide bonds. The largest absolute Gasteiger partial charge is 0.384 e. The summed E-state index contributed by atoms with van der Waals surface area (Å²) in [5.74, 6) is -3.03. The maximum atomic E-state index is 15.5. The van der Waals surface area contributed by atoms with Gasteiger partial charge in [0.15, 0.2) is 0 Å². The molecule has 0 saturated carbocycles. The molecular formula is C64H52Br4F4N4O8. The average molecular weight is 1400 g/mol. The molecule has 0 bridgehead atoms. The molecule has 8 aromatic rings. The first kappa shape index (κ1) is 61.7. The van der Waals surface area contributed by atoms with Crippen molar-refractivity contribution >= 4 is 110 Å². The summed E-state index contributed by atoms with van der Waals surface area (Å²) in [6.45, 7) is 0. The summed E-state index contributed by atoms with van der Waals surface area (Å²) >= 11 is 13.2. The van der Waals surface area contributed by atoms with Gasteiger partial charge in [0, 0.05) is 68.3 Å². The molecule has 4 aliphatic rings. The smallest absolute Gasteiger partial charge is 0.272 e. The van der Waals surface area contributed by atoms with Gasteiger partial charge in [0.1, 0.15) is 24.4 Å². The molecule has 4 heterocycles. The molecule has 432 valence electrons. The summed E-state index contributed by atoms with van der Waals surface area (Å²) in [5, 5.41) is 42.2. The highest BCUT2D eigenvalue weighted by atomic mass is 79.9. The lowest BCUT2D eigenvalue weighted by Crippen LogP contribution is -2.40. The molecule has 0 unspecified atom stereocenters. The molecule has 8 atom stereocenters. The van der Waals surface area contributed by atoms with E-state index in [2.05, 4.69) is 63.7 Å². The highest BCUT2D eigenvalue weighted by Gasteiger charge is 2.60. The number of fused-ring (bicyclic) bond motifs is 4. The molecule has 4 N–H and O–H groups in total. The molecule has 8 aromatic carbocycles. The van der Waals surface area contributed by atoms with Crippen LogP contribution in [-0.4, -0.2) is 72.2 Å². The Labute approximate surface area is 515 Å². The van der Waals surface area contributed by atoms with Crippen LogP contribution in [0, 0.1) is 0 Å². The van der Waals surface area contributed by atoms with Gasteiger partial charge in [-0.15, -0.1) is 0 Å². The van der Waals surface area contributed by atoms with Crippen LogP contribution in [0.3, 0.4) is 0 Å². The second-order valence-electron chi connectivity index (χ2n) is 20.1. The maximum absolute atomic E-state index is 15.5. The summed E-state index contributed by atoms with van der Waals surface area (Å²) in [5.41, 5.74) is -5.81. The van der Waals surface area contributed by atoms with Crippen molar-refractivity contribution in [2.75, 3.05) is 47.8 Å². The Balaban J connectivity index is 0.000000134. The van der Waals surface area contributed by atoms with Crippen LogP contribution < -0.4 is 19.6 Å². The van der Waals surface area contributed by atoms with Crippen LogP contribution in [0.25, 0.3) is 0 Å². The Morgan fingerprint density at radius 1 is 0.298 bits per heavy atom. The maximum Gasteiger partial charge on any atom is 0.272 e. The van der Waals surface area contributed by atoms with E-state index in [4.69, 9.17) is 0 Å². The first-order chi connectivity index (χ1) is 39.9. The van der Waals surface area contributed by atoms with Gasteiger partial charge in [0.2, 0.25) is 22.7 Å². The highest BCUT2D eigenvalue weighted by molar-refractivity contribution is 9.11. The Morgan fingerprint density at radius 2 is 0.452 bits per heavy atom. The second kappa shape index (κ2) is 24.2. The normalized spacial score (nSPS) is 22.3. The fourth-order valence-electron chi connectivity index (χ4n) is 10.9. The number of carbonyl (C=O) groups is 4. The van der Waals surface area contributed by atoms with Crippen LogP contribution in [0.15, 0.2) is 212 Å². The highest BCUT2D eigenvalue weighted by Crippen LogP contribution is 2.54. The number of alkyl halides is 4. The summed E-state index contributed by atoms with van der Waals surface area (Å²) in [7, 11) is 6.04. The molecule has 12 nitrogen and oxygen atoms in total. The van der Waals surface area contributed by atoms with Crippen LogP contribution >= 0.6 is 63.7 Å². The van der Waals surface area contributed by atoms with Crippen molar-refractivity contribution in [3.8, 4) is 0 Å². The van der Waals surface area contributed by atoms with Gasteiger partial charge in [-0.2, -0.15) is 0 Å². The number of anilines is 4. The van der Waals surface area contributed by atoms with Crippen molar-refractivity contribution in [1.29, 1.82) is 0 Å². The molecule has 0 fully saturated rings. The number of para-hydroxylation sites is 4. The zero-order valence-electron chi connectivity index (χ0n) is 45.0. The van der Waals surface area contributed by atoms with Crippen LogP contribution in [0.5, 0.6) is 0 Å². The Morgan fingerprint density at radius 3 is 0.631 bits per heavy atom. The van der Waals surface area contributed by atoms with E-state index < -0.39 is 70.7 Å². The van der Waals surface area contributed by atoms with Gasteiger partial charge in [-0.3, -0.25) is 19.2 Å². The van der Waals surface area contributed by atoms with Crippen LogP contribution in [0.2, 0.25) is 0 Å². The molecule has 0 aliphatic carbocycles. The first-order valence-corrected chi connectivity index (χ1v) is 29.0.